The molecule has 0 saturated heterocycles. The number of rotatable bonds is 8. The number of aliphatic carboxylic acids is 1. The Morgan fingerprint density at radius 1 is 1.00 bits per heavy atom. The molecule has 0 fully saturated rings. The molecular weight excluding hydrogens is 352 g/mol. The van der Waals surface area contributed by atoms with E-state index in [0.717, 1.165) is 0 Å². The second kappa shape index (κ2) is 9.62. The number of carboxylic acid groups (broad SMARTS) is 1. The minimum Gasteiger partial charge on any atom is -0.480 e. The van der Waals surface area contributed by atoms with Gasteiger partial charge in [0.1, 0.15) is 6.04 Å². The standard InChI is InChI=1S/C19H20N2O4S/c1-26-12-11-16(19(24)25)21-18(23)14-9-5-6-10-15(14)20-17(22)13-7-3-2-4-8-13/h2-10,16H,11-12H2,1H3,(H,20,22)(H,21,23)(H,24,25)/t16-/m1/s1. The van der Waals surface area contributed by atoms with Gasteiger partial charge in [0.05, 0.1) is 11.3 Å². The summed E-state index contributed by atoms with van der Waals surface area (Å²) in [5.41, 5.74) is 1.01. The van der Waals surface area contributed by atoms with Crippen LogP contribution in [0.4, 0.5) is 5.69 Å². The number of anilines is 1. The zero-order valence-corrected chi connectivity index (χ0v) is 15.1. The molecule has 6 nitrogen and oxygen atoms in total. The number of carbonyl (C=O) groups excluding carboxylic acids is 2. The van der Waals surface area contributed by atoms with Crippen LogP contribution in [0.5, 0.6) is 0 Å². The average molecular weight is 372 g/mol. The zero-order valence-electron chi connectivity index (χ0n) is 14.3. The molecule has 2 rings (SSSR count). The quantitative estimate of drug-likeness (QED) is 0.662. The second-order valence-corrected chi connectivity index (χ2v) is 6.50. The predicted molar refractivity (Wildman–Crippen MR) is 103 cm³/mol. The third-order valence-electron chi connectivity index (χ3n) is 3.67. The van der Waals surface area contributed by atoms with E-state index in [2.05, 4.69) is 10.6 Å². The molecule has 0 aliphatic rings. The van der Waals surface area contributed by atoms with Crippen molar-refractivity contribution in [1.82, 2.24) is 5.32 Å². The molecule has 136 valence electrons. The summed E-state index contributed by atoms with van der Waals surface area (Å²) in [4.78, 5) is 36.2. The number of hydrogen-bond donors (Lipinski definition) is 3. The largest absolute Gasteiger partial charge is 0.480 e. The highest BCUT2D eigenvalue weighted by Gasteiger charge is 2.22. The van der Waals surface area contributed by atoms with Crippen molar-refractivity contribution in [1.29, 1.82) is 0 Å². The Balaban J connectivity index is 2.15. The van der Waals surface area contributed by atoms with E-state index in [9.17, 15) is 19.5 Å². The Bertz CT molecular complexity index is 780. The molecule has 2 aromatic carbocycles. The minimum absolute atomic E-state index is 0.215. The molecule has 0 unspecified atom stereocenters. The van der Waals surface area contributed by atoms with Gasteiger partial charge in [-0.15, -0.1) is 0 Å². The van der Waals surface area contributed by atoms with Crippen molar-refractivity contribution in [3.63, 3.8) is 0 Å². The molecule has 0 aliphatic carbocycles. The van der Waals surface area contributed by atoms with E-state index in [1.54, 1.807) is 54.6 Å². The van der Waals surface area contributed by atoms with Gasteiger partial charge in [-0.05, 0) is 42.7 Å². The smallest absolute Gasteiger partial charge is 0.326 e. The number of para-hydroxylation sites is 1. The fourth-order valence-electron chi connectivity index (χ4n) is 2.30. The van der Waals surface area contributed by atoms with Crippen LogP contribution in [0.3, 0.4) is 0 Å². The Morgan fingerprint density at radius 3 is 2.31 bits per heavy atom. The summed E-state index contributed by atoms with van der Waals surface area (Å²) in [6.45, 7) is 0. The van der Waals surface area contributed by atoms with E-state index in [1.807, 2.05) is 6.26 Å². The highest BCUT2D eigenvalue weighted by Crippen LogP contribution is 2.17. The molecule has 0 bridgehead atoms. The Labute approximate surface area is 156 Å². The van der Waals surface area contributed by atoms with Gasteiger partial charge in [0.25, 0.3) is 11.8 Å². The molecular formula is C19H20N2O4S. The first-order valence-electron chi connectivity index (χ1n) is 8.01. The van der Waals surface area contributed by atoms with Crippen LogP contribution < -0.4 is 10.6 Å². The van der Waals surface area contributed by atoms with Crippen LogP contribution >= 0.6 is 11.8 Å². The number of hydrogen-bond acceptors (Lipinski definition) is 4. The van der Waals surface area contributed by atoms with Crippen molar-refractivity contribution in [2.24, 2.45) is 0 Å². The van der Waals surface area contributed by atoms with E-state index in [1.165, 1.54) is 11.8 Å². The maximum absolute atomic E-state index is 12.5. The van der Waals surface area contributed by atoms with Crippen LogP contribution in [-0.2, 0) is 4.79 Å². The monoisotopic (exact) mass is 372 g/mol. The lowest BCUT2D eigenvalue weighted by Gasteiger charge is -2.16. The normalized spacial score (nSPS) is 11.4. The van der Waals surface area contributed by atoms with Crippen molar-refractivity contribution in [3.05, 3.63) is 65.7 Å². The van der Waals surface area contributed by atoms with Crippen LogP contribution in [0.15, 0.2) is 54.6 Å². The fraction of sp³-hybridized carbons (Fsp3) is 0.211. The van der Waals surface area contributed by atoms with Gasteiger partial charge < -0.3 is 15.7 Å². The summed E-state index contributed by atoms with van der Waals surface area (Å²) < 4.78 is 0. The molecule has 3 N–H and O–H groups in total. The molecule has 2 aromatic rings. The van der Waals surface area contributed by atoms with Gasteiger partial charge in [-0.1, -0.05) is 30.3 Å². The van der Waals surface area contributed by atoms with E-state index in [4.69, 9.17) is 0 Å². The Kier molecular flexibility index (Phi) is 7.23. The van der Waals surface area contributed by atoms with Crippen molar-refractivity contribution >= 4 is 35.2 Å². The van der Waals surface area contributed by atoms with Crippen molar-refractivity contribution in [2.45, 2.75) is 12.5 Å². The van der Waals surface area contributed by atoms with E-state index in [0.29, 0.717) is 23.4 Å². The van der Waals surface area contributed by atoms with Crippen molar-refractivity contribution < 1.29 is 19.5 Å². The Morgan fingerprint density at radius 2 is 1.65 bits per heavy atom. The SMILES string of the molecule is CSCC[C@@H](NC(=O)c1ccccc1NC(=O)c1ccccc1)C(=O)O. The summed E-state index contributed by atoms with van der Waals surface area (Å²) in [5.74, 6) is -1.35. The van der Waals surface area contributed by atoms with E-state index < -0.39 is 17.9 Å². The first kappa shape index (κ1) is 19.5. The first-order chi connectivity index (χ1) is 12.5. The molecule has 7 heteroatoms. The molecule has 0 heterocycles. The van der Waals surface area contributed by atoms with Crippen LogP contribution in [0, 0.1) is 0 Å². The lowest BCUT2D eigenvalue weighted by Crippen LogP contribution is -2.41. The van der Waals surface area contributed by atoms with Gasteiger partial charge in [0.2, 0.25) is 0 Å². The number of thioether (sulfide) groups is 1. The molecule has 0 saturated carbocycles. The highest BCUT2D eigenvalue weighted by atomic mass is 32.2. The van der Waals surface area contributed by atoms with Crippen LogP contribution in [0.2, 0.25) is 0 Å². The topological polar surface area (TPSA) is 95.5 Å². The Hall–Kier alpha value is -2.80. The first-order valence-corrected chi connectivity index (χ1v) is 9.40. The lowest BCUT2D eigenvalue weighted by molar-refractivity contribution is -0.139. The minimum atomic E-state index is -1.08. The molecule has 0 radical (unpaired) electrons. The highest BCUT2D eigenvalue weighted by molar-refractivity contribution is 7.98. The van der Waals surface area contributed by atoms with Crippen molar-refractivity contribution in [2.75, 3.05) is 17.3 Å². The zero-order chi connectivity index (χ0) is 18.9. The van der Waals surface area contributed by atoms with Gasteiger partial charge in [-0.25, -0.2) is 4.79 Å². The summed E-state index contributed by atoms with van der Waals surface area (Å²) in [6.07, 6.45) is 2.19. The molecule has 0 spiro atoms. The van der Waals surface area contributed by atoms with Gasteiger partial charge >= 0.3 is 5.97 Å². The van der Waals surface area contributed by atoms with E-state index >= 15 is 0 Å². The summed E-state index contributed by atoms with van der Waals surface area (Å²) in [5, 5.41) is 14.5. The van der Waals surface area contributed by atoms with Gasteiger partial charge in [0.15, 0.2) is 0 Å². The predicted octanol–water partition coefficient (Wildman–Crippen LogP) is 2.88. The molecule has 1 atom stereocenters. The summed E-state index contributed by atoms with van der Waals surface area (Å²) >= 11 is 1.51. The molecule has 2 amide bonds. The van der Waals surface area contributed by atoms with Crippen LogP contribution in [-0.4, -0.2) is 40.9 Å². The molecule has 0 aliphatic heterocycles. The van der Waals surface area contributed by atoms with Crippen molar-refractivity contribution in [3.8, 4) is 0 Å². The number of benzene rings is 2. The fourth-order valence-corrected chi connectivity index (χ4v) is 2.77. The van der Waals surface area contributed by atoms with Gasteiger partial charge in [0, 0.05) is 5.56 Å². The van der Waals surface area contributed by atoms with Crippen LogP contribution in [0.25, 0.3) is 0 Å². The summed E-state index contributed by atoms with van der Waals surface area (Å²) in [7, 11) is 0. The number of carboxylic acids is 1. The summed E-state index contributed by atoms with van der Waals surface area (Å²) in [6, 6.07) is 14.2. The maximum Gasteiger partial charge on any atom is 0.326 e. The van der Waals surface area contributed by atoms with E-state index in [-0.39, 0.29) is 11.5 Å². The van der Waals surface area contributed by atoms with Crippen LogP contribution in [0.1, 0.15) is 27.1 Å². The number of nitrogens with one attached hydrogen (secondary N) is 2. The third kappa shape index (κ3) is 5.35. The number of carbonyl (C=O) groups is 3. The third-order valence-corrected chi connectivity index (χ3v) is 4.31. The maximum atomic E-state index is 12.5. The van der Waals surface area contributed by atoms with Gasteiger partial charge in [-0.3, -0.25) is 9.59 Å². The van der Waals surface area contributed by atoms with Gasteiger partial charge in [-0.2, -0.15) is 11.8 Å². The molecule has 26 heavy (non-hydrogen) atoms. The lowest BCUT2D eigenvalue weighted by atomic mass is 10.1. The average Bonchev–Trinajstić information content (AvgIpc) is 2.65. The molecule has 0 aromatic heterocycles. The number of amides is 2. The second-order valence-electron chi connectivity index (χ2n) is 5.51.